The Kier molecular flexibility index (Phi) is 3.16. The molecule has 0 spiro atoms. The van der Waals surface area contributed by atoms with Crippen LogP contribution in [0, 0.1) is 0 Å². The summed E-state index contributed by atoms with van der Waals surface area (Å²) >= 11 is 1.59. The molecule has 4 aromatic rings. The number of anilines is 1. The van der Waals surface area contributed by atoms with Crippen LogP contribution in [0.5, 0.6) is 0 Å². The minimum Gasteiger partial charge on any atom is -0.399 e. The molecule has 0 saturated heterocycles. The summed E-state index contributed by atoms with van der Waals surface area (Å²) in [4.78, 5) is 15.9. The molecule has 1 aromatic carbocycles. The first-order chi connectivity index (χ1) is 11.2. The number of hydrogen-bond donors (Lipinski definition) is 2. The highest BCUT2D eigenvalue weighted by Crippen LogP contribution is 2.18. The number of aromatic nitrogens is 5. The first-order valence-electron chi connectivity index (χ1n) is 6.93. The fourth-order valence-corrected chi connectivity index (χ4v) is 3.01. The Labute approximate surface area is 134 Å². The van der Waals surface area contributed by atoms with E-state index in [-0.39, 0.29) is 5.56 Å². The number of fused-ring (bicyclic) bond motifs is 1. The van der Waals surface area contributed by atoms with E-state index in [4.69, 9.17) is 5.73 Å². The number of nitrogens with zero attached hydrogens (tertiary/aromatic N) is 4. The van der Waals surface area contributed by atoms with Crippen LogP contribution in [0.1, 0.15) is 10.6 Å². The average molecular weight is 324 g/mol. The van der Waals surface area contributed by atoms with Gasteiger partial charge in [0.25, 0.3) is 11.3 Å². The monoisotopic (exact) mass is 324 g/mol. The first kappa shape index (κ1) is 13.6. The molecule has 3 aromatic heterocycles. The molecule has 0 aliphatic heterocycles. The number of hydrogen-bond acceptors (Lipinski definition) is 6. The van der Waals surface area contributed by atoms with Crippen LogP contribution in [-0.4, -0.2) is 24.8 Å². The predicted molar refractivity (Wildman–Crippen MR) is 88.4 cm³/mol. The molecule has 3 heterocycles. The van der Waals surface area contributed by atoms with Crippen molar-refractivity contribution in [3.63, 3.8) is 0 Å². The van der Waals surface area contributed by atoms with Crippen molar-refractivity contribution in [3.8, 4) is 11.4 Å². The zero-order valence-electron chi connectivity index (χ0n) is 11.9. The summed E-state index contributed by atoms with van der Waals surface area (Å²) in [5, 5.41) is 14.5. The van der Waals surface area contributed by atoms with Crippen LogP contribution in [0.25, 0.3) is 17.2 Å². The molecule has 0 fully saturated rings. The van der Waals surface area contributed by atoms with E-state index >= 15 is 0 Å². The number of thiophene rings is 1. The van der Waals surface area contributed by atoms with Crippen LogP contribution < -0.4 is 11.3 Å². The van der Waals surface area contributed by atoms with Gasteiger partial charge in [-0.1, -0.05) is 6.07 Å². The van der Waals surface area contributed by atoms with E-state index in [2.05, 4.69) is 20.3 Å². The first-order valence-corrected chi connectivity index (χ1v) is 7.81. The standard InChI is InChI=1S/C15H12N6OS/c16-10-5-3-9(4-6-10)13-18-19-15-17-14(22)12(20-21(13)15)8-11-2-1-7-23-11/h1-7H,8,16H2,(H,17,19,22). The summed E-state index contributed by atoms with van der Waals surface area (Å²) in [6.07, 6.45) is 0.475. The lowest BCUT2D eigenvalue weighted by Crippen LogP contribution is -2.18. The summed E-state index contributed by atoms with van der Waals surface area (Å²) < 4.78 is 1.55. The Morgan fingerprint density at radius 3 is 2.74 bits per heavy atom. The fraction of sp³-hybridized carbons (Fsp3) is 0.0667. The van der Waals surface area contributed by atoms with Gasteiger partial charge in [-0.2, -0.15) is 9.61 Å². The summed E-state index contributed by atoms with van der Waals surface area (Å²) in [6.45, 7) is 0. The van der Waals surface area contributed by atoms with Gasteiger partial charge in [0.15, 0.2) is 5.82 Å². The maximum Gasteiger partial charge on any atom is 0.274 e. The second-order valence-electron chi connectivity index (χ2n) is 5.04. The molecule has 0 amide bonds. The third kappa shape index (κ3) is 2.49. The van der Waals surface area contributed by atoms with Crippen LogP contribution in [-0.2, 0) is 6.42 Å². The molecule has 114 valence electrons. The molecular formula is C15H12N6OS. The van der Waals surface area contributed by atoms with Gasteiger partial charge in [0.05, 0.1) is 0 Å². The second-order valence-corrected chi connectivity index (χ2v) is 6.07. The minimum atomic E-state index is -0.248. The van der Waals surface area contributed by atoms with Crippen molar-refractivity contribution in [2.24, 2.45) is 0 Å². The van der Waals surface area contributed by atoms with Crippen molar-refractivity contribution in [2.45, 2.75) is 6.42 Å². The molecule has 7 nitrogen and oxygen atoms in total. The third-order valence-electron chi connectivity index (χ3n) is 3.44. The van der Waals surface area contributed by atoms with Gasteiger partial charge in [-0.05, 0) is 35.7 Å². The molecule has 0 radical (unpaired) electrons. The number of nitrogens with one attached hydrogen (secondary N) is 1. The molecule has 0 saturated carbocycles. The van der Waals surface area contributed by atoms with Crippen molar-refractivity contribution < 1.29 is 0 Å². The fourth-order valence-electron chi connectivity index (χ4n) is 2.30. The second kappa shape index (κ2) is 5.33. The lowest BCUT2D eigenvalue weighted by atomic mass is 10.2. The SMILES string of the molecule is Nc1ccc(-c2nnc3[nH]c(=O)c(Cc4cccs4)nn23)cc1. The van der Waals surface area contributed by atoms with Gasteiger partial charge in [0, 0.05) is 22.5 Å². The smallest absolute Gasteiger partial charge is 0.274 e. The Bertz CT molecular complexity index is 1020. The molecule has 3 N–H and O–H groups in total. The van der Waals surface area contributed by atoms with Crippen molar-refractivity contribution in [1.29, 1.82) is 0 Å². The molecule has 4 rings (SSSR count). The number of aromatic amines is 1. The van der Waals surface area contributed by atoms with Crippen molar-refractivity contribution in [3.05, 3.63) is 62.7 Å². The zero-order chi connectivity index (χ0) is 15.8. The molecule has 8 heteroatoms. The lowest BCUT2D eigenvalue weighted by molar-refractivity contribution is 0.832. The largest absolute Gasteiger partial charge is 0.399 e. The highest BCUT2D eigenvalue weighted by molar-refractivity contribution is 7.09. The molecule has 0 aliphatic rings. The van der Waals surface area contributed by atoms with Crippen LogP contribution in [0.4, 0.5) is 5.69 Å². The van der Waals surface area contributed by atoms with Crippen LogP contribution in [0.2, 0.25) is 0 Å². The Hall–Kier alpha value is -3.00. The summed E-state index contributed by atoms with van der Waals surface area (Å²) in [5.74, 6) is 0.875. The van der Waals surface area contributed by atoms with Crippen LogP contribution >= 0.6 is 11.3 Å². The van der Waals surface area contributed by atoms with Crippen LogP contribution in [0.15, 0.2) is 46.6 Å². The lowest BCUT2D eigenvalue weighted by Gasteiger charge is -2.02. The Balaban J connectivity index is 1.84. The van der Waals surface area contributed by atoms with E-state index in [1.807, 2.05) is 29.6 Å². The van der Waals surface area contributed by atoms with E-state index in [1.165, 1.54) is 0 Å². The van der Waals surface area contributed by atoms with Crippen molar-refractivity contribution >= 4 is 22.8 Å². The molecule has 0 unspecified atom stereocenters. The van der Waals surface area contributed by atoms with E-state index in [0.29, 0.717) is 29.4 Å². The molecule has 23 heavy (non-hydrogen) atoms. The number of H-pyrrole nitrogens is 1. The number of rotatable bonds is 3. The summed E-state index contributed by atoms with van der Waals surface area (Å²) in [6, 6.07) is 11.2. The van der Waals surface area contributed by atoms with Gasteiger partial charge in [0.2, 0.25) is 0 Å². The van der Waals surface area contributed by atoms with E-state index < -0.39 is 0 Å². The third-order valence-corrected chi connectivity index (χ3v) is 4.32. The van der Waals surface area contributed by atoms with Gasteiger partial charge in [0.1, 0.15) is 5.69 Å². The molecule has 0 aliphatic carbocycles. The molecule has 0 atom stereocenters. The highest BCUT2D eigenvalue weighted by Gasteiger charge is 2.13. The van der Waals surface area contributed by atoms with Crippen LogP contribution in [0.3, 0.4) is 0 Å². The Morgan fingerprint density at radius 2 is 2.00 bits per heavy atom. The zero-order valence-corrected chi connectivity index (χ0v) is 12.7. The van der Waals surface area contributed by atoms with Gasteiger partial charge in [-0.3, -0.25) is 9.78 Å². The van der Waals surface area contributed by atoms with Crippen molar-refractivity contribution in [1.82, 2.24) is 24.8 Å². The normalized spacial score (nSPS) is 11.1. The topological polar surface area (TPSA) is 102 Å². The predicted octanol–water partition coefficient (Wildman–Crippen LogP) is 1.71. The summed E-state index contributed by atoms with van der Waals surface area (Å²) in [7, 11) is 0. The molecule has 0 bridgehead atoms. The molecular weight excluding hydrogens is 312 g/mol. The minimum absolute atomic E-state index is 0.248. The van der Waals surface area contributed by atoms with Gasteiger partial charge >= 0.3 is 0 Å². The maximum atomic E-state index is 12.1. The van der Waals surface area contributed by atoms with Gasteiger partial charge in [-0.15, -0.1) is 21.5 Å². The van der Waals surface area contributed by atoms with E-state index in [9.17, 15) is 4.79 Å². The van der Waals surface area contributed by atoms with Gasteiger partial charge in [-0.25, -0.2) is 0 Å². The highest BCUT2D eigenvalue weighted by atomic mass is 32.1. The number of nitrogens with two attached hydrogens (primary N) is 1. The van der Waals surface area contributed by atoms with Crippen molar-refractivity contribution in [2.75, 3.05) is 5.73 Å². The average Bonchev–Trinajstić information content (AvgIpc) is 3.18. The maximum absolute atomic E-state index is 12.1. The Morgan fingerprint density at radius 1 is 1.17 bits per heavy atom. The number of nitrogen functional groups attached to an aromatic ring is 1. The van der Waals surface area contributed by atoms with E-state index in [1.54, 1.807) is 28.0 Å². The number of benzene rings is 1. The quantitative estimate of drug-likeness (QED) is 0.559. The summed E-state index contributed by atoms with van der Waals surface area (Å²) in [5.41, 5.74) is 7.38. The van der Waals surface area contributed by atoms with Gasteiger partial charge < -0.3 is 5.73 Å². The van der Waals surface area contributed by atoms with E-state index in [0.717, 1.165) is 10.4 Å².